The molecule has 2 aromatic rings. The monoisotopic (exact) mass is 364 g/mol. The summed E-state index contributed by atoms with van der Waals surface area (Å²) in [4.78, 5) is 12.1. The smallest absolute Gasteiger partial charge is 0.234 e. The number of hydrogen-bond donors (Lipinski definition) is 2. The van der Waals surface area contributed by atoms with E-state index in [1.165, 1.54) is 6.07 Å². The summed E-state index contributed by atoms with van der Waals surface area (Å²) >= 11 is 0. The minimum absolute atomic E-state index is 0.0729. The molecule has 0 spiro atoms. The molecule has 0 aliphatic carbocycles. The Hall–Kier alpha value is -2.25. The topological polar surface area (TPSA) is 75.3 Å². The van der Waals surface area contributed by atoms with Crippen LogP contribution in [0.2, 0.25) is 0 Å². The van der Waals surface area contributed by atoms with Crippen LogP contribution >= 0.6 is 0 Å². The number of carbonyl (C=O) groups is 1. The summed E-state index contributed by atoms with van der Waals surface area (Å²) < 4.78 is 36.4. The molecule has 134 valence electrons. The van der Waals surface area contributed by atoms with Crippen molar-refractivity contribution in [3.05, 3.63) is 65.5 Å². The van der Waals surface area contributed by atoms with E-state index in [9.17, 15) is 17.6 Å². The second kappa shape index (κ2) is 8.22. The lowest BCUT2D eigenvalue weighted by Gasteiger charge is -2.14. The van der Waals surface area contributed by atoms with E-state index in [-0.39, 0.29) is 35.8 Å². The predicted molar refractivity (Wildman–Crippen MR) is 94.2 cm³/mol. The second-order valence-corrected chi connectivity index (χ2v) is 7.83. The Morgan fingerprint density at radius 3 is 2.36 bits per heavy atom. The van der Waals surface area contributed by atoms with Crippen LogP contribution in [0.15, 0.2) is 53.4 Å². The second-order valence-electron chi connectivity index (χ2n) is 5.81. The van der Waals surface area contributed by atoms with E-state index in [0.717, 1.165) is 11.8 Å². The summed E-state index contributed by atoms with van der Waals surface area (Å²) in [5.41, 5.74) is 1.30. The van der Waals surface area contributed by atoms with Gasteiger partial charge in [0.1, 0.15) is 5.82 Å². The first-order valence-electron chi connectivity index (χ1n) is 7.81. The van der Waals surface area contributed by atoms with Gasteiger partial charge in [-0.25, -0.2) is 12.8 Å². The van der Waals surface area contributed by atoms with Gasteiger partial charge in [-0.15, -0.1) is 0 Å². The third-order valence-electron chi connectivity index (χ3n) is 3.81. The molecule has 0 radical (unpaired) electrons. The fourth-order valence-electron chi connectivity index (χ4n) is 2.27. The summed E-state index contributed by atoms with van der Waals surface area (Å²) in [6.07, 6.45) is 1.16. The van der Waals surface area contributed by atoms with Crippen molar-refractivity contribution >= 4 is 15.7 Å². The molecule has 0 aliphatic heterocycles. The highest BCUT2D eigenvalue weighted by Crippen LogP contribution is 2.16. The van der Waals surface area contributed by atoms with Crippen LogP contribution in [0.5, 0.6) is 0 Å². The SMILES string of the molecule is C[C@H](NCC(=O)NCc1ccccc1F)c1ccc(S(C)(=O)=O)cc1. The Morgan fingerprint density at radius 2 is 1.76 bits per heavy atom. The molecule has 0 unspecified atom stereocenters. The molecule has 25 heavy (non-hydrogen) atoms. The van der Waals surface area contributed by atoms with Gasteiger partial charge in [0.2, 0.25) is 5.91 Å². The molecule has 0 heterocycles. The van der Waals surface area contributed by atoms with Crippen molar-refractivity contribution in [2.45, 2.75) is 24.4 Å². The van der Waals surface area contributed by atoms with E-state index >= 15 is 0 Å². The maximum Gasteiger partial charge on any atom is 0.234 e. The van der Waals surface area contributed by atoms with E-state index < -0.39 is 9.84 Å². The molecule has 0 fully saturated rings. The molecule has 7 heteroatoms. The maximum absolute atomic E-state index is 13.5. The molecular formula is C18H21FN2O3S. The van der Waals surface area contributed by atoms with Crippen LogP contribution < -0.4 is 10.6 Å². The lowest BCUT2D eigenvalue weighted by Crippen LogP contribution is -2.34. The quantitative estimate of drug-likeness (QED) is 0.790. The molecule has 2 N–H and O–H groups in total. The van der Waals surface area contributed by atoms with Gasteiger partial charge in [0.05, 0.1) is 11.4 Å². The third kappa shape index (κ3) is 5.65. The van der Waals surface area contributed by atoms with Crippen molar-refractivity contribution in [2.24, 2.45) is 0 Å². The Balaban J connectivity index is 1.84. The van der Waals surface area contributed by atoms with Crippen molar-refractivity contribution in [3.8, 4) is 0 Å². The van der Waals surface area contributed by atoms with Gasteiger partial charge in [0.25, 0.3) is 0 Å². The molecular weight excluding hydrogens is 343 g/mol. The van der Waals surface area contributed by atoms with Gasteiger partial charge in [-0.2, -0.15) is 0 Å². The first-order chi connectivity index (χ1) is 11.8. The lowest BCUT2D eigenvalue weighted by atomic mass is 10.1. The number of carbonyl (C=O) groups excluding carboxylic acids is 1. The zero-order chi connectivity index (χ0) is 18.4. The van der Waals surface area contributed by atoms with Crippen molar-refractivity contribution in [2.75, 3.05) is 12.8 Å². The van der Waals surface area contributed by atoms with Crippen LogP contribution in [-0.4, -0.2) is 27.1 Å². The van der Waals surface area contributed by atoms with Crippen LogP contribution in [0.3, 0.4) is 0 Å². The molecule has 0 aliphatic rings. The Morgan fingerprint density at radius 1 is 1.12 bits per heavy atom. The van der Waals surface area contributed by atoms with Crippen molar-refractivity contribution in [1.29, 1.82) is 0 Å². The van der Waals surface area contributed by atoms with Gasteiger partial charge in [0.15, 0.2) is 9.84 Å². The van der Waals surface area contributed by atoms with Crippen molar-refractivity contribution in [1.82, 2.24) is 10.6 Å². The van der Waals surface area contributed by atoms with E-state index in [4.69, 9.17) is 0 Å². The molecule has 1 atom stereocenters. The Kier molecular flexibility index (Phi) is 6.27. The van der Waals surface area contributed by atoms with Crippen LogP contribution in [0.1, 0.15) is 24.1 Å². The zero-order valence-corrected chi connectivity index (χ0v) is 14.9. The highest BCUT2D eigenvalue weighted by Gasteiger charge is 2.11. The van der Waals surface area contributed by atoms with Gasteiger partial charge < -0.3 is 10.6 Å². The molecule has 1 amide bonds. The molecule has 0 bridgehead atoms. The molecule has 2 rings (SSSR count). The van der Waals surface area contributed by atoms with Crippen LogP contribution in [0.25, 0.3) is 0 Å². The maximum atomic E-state index is 13.5. The van der Waals surface area contributed by atoms with Crippen LogP contribution in [0, 0.1) is 5.82 Å². The molecule has 0 saturated carbocycles. The van der Waals surface area contributed by atoms with Gasteiger partial charge in [0, 0.05) is 24.4 Å². The number of nitrogens with one attached hydrogen (secondary N) is 2. The predicted octanol–water partition coefficient (Wildman–Crippen LogP) is 2.20. The first kappa shape index (κ1) is 19.1. The van der Waals surface area contributed by atoms with E-state index in [2.05, 4.69) is 10.6 Å². The summed E-state index contributed by atoms with van der Waals surface area (Å²) in [6, 6.07) is 12.7. The Labute approximate surface area is 147 Å². The molecule has 2 aromatic carbocycles. The number of rotatable bonds is 7. The highest BCUT2D eigenvalue weighted by atomic mass is 32.2. The number of hydrogen-bond acceptors (Lipinski definition) is 4. The number of sulfone groups is 1. The normalized spacial score (nSPS) is 12.6. The van der Waals surface area contributed by atoms with Gasteiger partial charge >= 0.3 is 0 Å². The van der Waals surface area contributed by atoms with Gasteiger partial charge in [-0.1, -0.05) is 30.3 Å². The molecule has 5 nitrogen and oxygen atoms in total. The van der Waals surface area contributed by atoms with Gasteiger partial charge in [-0.05, 0) is 30.7 Å². The minimum Gasteiger partial charge on any atom is -0.351 e. The van der Waals surface area contributed by atoms with Crippen molar-refractivity contribution < 1.29 is 17.6 Å². The fourth-order valence-corrected chi connectivity index (χ4v) is 2.90. The van der Waals surface area contributed by atoms with Gasteiger partial charge in [-0.3, -0.25) is 4.79 Å². The van der Waals surface area contributed by atoms with E-state index in [1.807, 2.05) is 6.92 Å². The fraction of sp³-hybridized carbons (Fsp3) is 0.278. The average molecular weight is 364 g/mol. The summed E-state index contributed by atoms with van der Waals surface area (Å²) in [5.74, 6) is -0.599. The highest BCUT2D eigenvalue weighted by molar-refractivity contribution is 7.90. The average Bonchev–Trinajstić information content (AvgIpc) is 2.58. The zero-order valence-electron chi connectivity index (χ0n) is 14.1. The third-order valence-corrected chi connectivity index (χ3v) is 4.94. The van der Waals surface area contributed by atoms with Crippen LogP contribution in [-0.2, 0) is 21.2 Å². The lowest BCUT2D eigenvalue weighted by molar-refractivity contribution is -0.120. The van der Waals surface area contributed by atoms with Crippen LogP contribution in [0.4, 0.5) is 4.39 Å². The summed E-state index contributed by atoms with van der Waals surface area (Å²) in [7, 11) is -3.22. The largest absolute Gasteiger partial charge is 0.351 e. The standard InChI is InChI=1S/C18H21FN2O3S/c1-13(14-7-9-16(10-8-14)25(2,23)24)20-12-18(22)21-11-15-5-3-4-6-17(15)19/h3-10,13,20H,11-12H2,1-2H3,(H,21,22)/t13-/m0/s1. The Bertz CT molecular complexity index is 836. The first-order valence-corrected chi connectivity index (χ1v) is 9.70. The summed E-state index contributed by atoms with van der Waals surface area (Å²) in [5, 5.41) is 5.71. The summed E-state index contributed by atoms with van der Waals surface area (Å²) in [6.45, 7) is 2.08. The number of benzene rings is 2. The minimum atomic E-state index is -3.22. The number of halogens is 1. The molecule has 0 saturated heterocycles. The van der Waals surface area contributed by atoms with E-state index in [1.54, 1.807) is 42.5 Å². The molecule has 0 aromatic heterocycles. The van der Waals surface area contributed by atoms with Crippen molar-refractivity contribution in [3.63, 3.8) is 0 Å². The number of amides is 1. The van der Waals surface area contributed by atoms with E-state index in [0.29, 0.717) is 5.56 Å².